The highest BCUT2D eigenvalue weighted by molar-refractivity contribution is 5.90. The topological polar surface area (TPSA) is 66.2 Å². The number of oxazole rings is 1. The molecule has 0 N–H and O–H groups in total. The Morgan fingerprint density at radius 3 is 3.00 bits per heavy atom. The molecule has 0 unspecified atom stereocenters. The zero-order chi connectivity index (χ0) is 9.42. The molecule has 0 bridgehead atoms. The van der Waals surface area contributed by atoms with E-state index in [2.05, 4.69) is 4.98 Å². The molecule has 4 heteroatoms. The van der Waals surface area contributed by atoms with Gasteiger partial charge in [-0.2, -0.15) is 0 Å². The number of carboxylic acids is 1. The number of aromatic nitrogens is 1. The Kier molecular flexibility index (Phi) is 1.55. The molecule has 0 atom stereocenters. The highest BCUT2D eigenvalue weighted by Gasteiger charge is 2.02. The van der Waals surface area contributed by atoms with Crippen LogP contribution in [-0.2, 0) is 0 Å². The molecule has 1 aromatic carbocycles. The van der Waals surface area contributed by atoms with Gasteiger partial charge in [0.2, 0.25) is 0 Å². The lowest BCUT2D eigenvalue weighted by Crippen LogP contribution is -2.21. The molecule has 0 spiro atoms. The van der Waals surface area contributed by atoms with Gasteiger partial charge in [-0.15, -0.1) is 0 Å². The van der Waals surface area contributed by atoms with Crippen molar-refractivity contribution in [3.05, 3.63) is 29.7 Å². The fraction of sp³-hybridized carbons (Fsp3) is 0.111. The predicted molar refractivity (Wildman–Crippen MR) is 43.1 cm³/mol. The monoisotopic (exact) mass is 176 g/mol. The van der Waals surface area contributed by atoms with E-state index < -0.39 is 5.97 Å². The van der Waals surface area contributed by atoms with Crippen molar-refractivity contribution in [2.24, 2.45) is 0 Å². The van der Waals surface area contributed by atoms with Crippen molar-refractivity contribution in [1.82, 2.24) is 4.98 Å². The maximum atomic E-state index is 10.5. The van der Waals surface area contributed by atoms with Crippen molar-refractivity contribution in [3.63, 3.8) is 0 Å². The van der Waals surface area contributed by atoms with Crippen LogP contribution in [0.15, 0.2) is 22.6 Å². The van der Waals surface area contributed by atoms with Gasteiger partial charge in [0.05, 0.1) is 5.97 Å². The smallest absolute Gasteiger partial charge is 0.192 e. The molecule has 66 valence electrons. The summed E-state index contributed by atoms with van der Waals surface area (Å²) < 4.78 is 5.16. The molecule has 0 fully saturated rings. The van der Waals surface area contributed by atoms with Crippen LogP contribution in [0.2, 0.25) is 0 Å². The number of carbonyl (C=O) groups is 1. The first kappa shape index (κ1) is 7.79. The van der Waals surface area contributed by atoms with Gasteiger partial charge in [-0.1, -0.05) is 6.07 Å². The first-order valence-corrected chi connectivity index (χ1v) is 3.75. The molecule has 0 saturated carbocycles. The van der Waals surface area contributed by atoms with Crippen molar-refractivity contribution in [1.29, 1.82) is 0 Å². The normalized spacial score (nSPS) is 10.5. The number of aromatic carboxylic acids is 1. The summed E-state index contributed by atoms with van der Waals surface area (Å²) in [6.45, 7) is 1.71. The number of aryl methyl sites for hydroxylation is 1. The van der Waals surface area contributed by atoms with E-state index in [1.165, 1.54) is 12.1 Å². The average molecular weight is 176 g/mol. The highest BCUT2D eigenvalue weighted by Crippen LogP contribution is 2.16. The zero-order valence-corrected chi connectivity index (χ0v) is 6.90. The molecule has 4 nitrogen and oxygen atoms in total. The maximum absolute atomic E-state index is 10.5. The van der Waals surface area contributed by atoms with E-state index in [1.807, 2.05) is 0 Å². The Morgan fingerprint density at radius 1 is 1.54 bits per heavy atom. The Balaban J connectivity index is 2.67. The second-order valence-corrected chi connectivity index (χ2v) is 2.70. The molecule has 0 amide bonds. The van der Waals surface area contributed by atoms with E-state index in [0.717, 1.165) is 0 Å². The molecule has 2 rings (SSSR count). The molecule has 0 aliphatic carbocycles. The second kappa shape index (κ2) is 2.58. The van der Waals surface area contributed by atoms with Crippen LogP contribution in [0.25, 0.3) is 11.1 Å². The number of hydrogen-bond acceptors (Lipinski definition) is 4. The molecule has 2 aromatic rings. The number of benzene rings is 1. The van der Waals surface area contributed by atoms with Gasteiger partial charge in [0.25, 0.3) is 0 Å². The molecule has 1 heterocycles. The summed E-state index contributed by atoms with van der Waals surface area (Å²) in [5, 5.41) is 10.5. The molecule has 0 saturated heterocycles. The Morgan fingerprint density at radius 2 is 2.31 bits per heavy atom. The summed E-state index contributed by atoms with van der Waals surface area (Å²) in [4.78, 5) is 14.5. The lowest BCUT2D eigenvalue weighted by atomic mass is 10.2. The summed E-state index contributed by atoms with van der Waals surface area (Å²) in [7, 11) is 0. The predicted octanol–water partition coefficient (Wildman–Crippen LogP) is 0.500. The van der Waals surface area contributed by atoms with E-state index in [-0.39, 0.29) is 5.56 Å². The molecule has 0 aliphatic rings. The van der Waals surface area contributed by atoms with Crippen LogP contribution in [0.1, 0.15) is 16.2 Å². The number of hydrogen-bond donors (Lipinski definition) is 0. The quantitative estimate of drug-likeness (QED) is 0.634. The van der Waals surface area contributed by atoms with Crippen LogP contribution in [0.5, 0.6) is 0 Å². The summed E-state index contributed by atoms with van der Waals surface area (Å²) >= 11 is 0. The van der Waals surface area contributed by atoms with Gasteiger partial charge in [-0.3, -0.25) is 0 Å². The van der Waals surface area contributed by atoms with Gasteiger partial charge >= 0.3 is 0 Å². The van der Waals surface area contributed by atoms with Crippen LogP contribution in [0.3, 0.4) is 0 Å². The highest BCUT2D eigenvalue weighted by atomic mass is 16.4. The summed E-state index contributed by atoms with van der Waals surface area (Å²) in [5.74, 6) is -0.693. The molecular weight excluding hydrogens is 170 g/mol. The second-order valence-electron chi connectivity index (χ2n) is 2.70. The van der Waals surface area contributed by atoms with Gasteiger partial charge in [-0.25, -0.2) is 4.98 Å². The first-order chi connectivity index (χ1) is 6.16. The lowest BCUT2D eigenvalue weighted by molar-refractivity contribution is -0.255. The Hall–Kier alpha value is -1.84. The Bertz CT molecular complexity index is 473. The molecule has 0 aliphatic heterocycles. The van der Waals surface area contributed by atoms with Gasteiger partial charge in [0.15, 0.2) is 11.5 Å². The lowest BCUT2D eigenvalue weighted by Gasteiger charge is -1.99. The van der Waals surface area contributed by atoms with Crippen LogP contribution in [0, 0.1) is 6.92 Å². The van der Waals surface area contributed by atoms with Crippen LogP contribution < -0.4 is 5.11 Å². The van der Waals surface area contributed by atoms with Gasteiger partial charge in [-0.05, 0) is 12.1 Å². The number of carboxylic acid groups (broad SMARTS) is 1. The van der Waals surface area contributed by atoms with Crippen molar-refractivity contribution in [2.75, 3.05) is 0 Å². The number of nitrogens with zero attached hydrogens (tertiary/aromatic N) is 1. The van der Waals surface area contributed by atoms with Crippen LogP contribution in [0.4, 0.5) is 0 Å². The summed E-state index contributed by atoms with van der Waals surface area (Å²) in [6, 6.07) is 4.45. The van der Waals surface area contributed by atoms with Gasteiger partial charge in [0.1, 0.15) is 5.52 Å². The van der Waals surface area contributed by atoms with E-state index in [1.54, 1.807) is 13.0 Å². The van der Waals surface area contributed by atoms with Crippen molar-refractivity contribution >= 4 is 17.1 Å². The zero-order valence-electron chi connectivity index (χ0n) is 6.90. The van der Waals surface area contributed by atoms with Gasteiger partial charge in [0, 0.05) is 12.5 Å². The number of fused-ring (bicyclic) bond motifs is 1. The van der Waals surface area contributed by atoms with Crippen molar-refractivity contribution in [3.8, 4) is 0 Å². The first-order valence-electron chi connectivity index (χ1n) is 3.75. The van der Waals surface area contributed by atoms with Crippen molar-refractivity contribution in [2.45, 2.75) is 6.92 Å². The molecular formula is C9H6NO3-. The van der Waals surface area contributed by atoms with Gasteiger partial charge < -0.3 is 14.3 Å². The summed E-state index contributed by atoms with van der Waals surface area (Å²) in [6.07, 6.45) is 0. The van der Waals surface area contributed by atoms with Crippen molar-refractivity contribution < 1.29 is 14.3 Å². The minimum absolute atomic E-state index is 0.101. The van der Waals surface area contributed by atoms with E-state index in [0.29, 0.717) is 17.0 Å². The third kappa shape index (κ3) is 1.26. The third-order valence-electron chi connectivity index (χ3n) is 1.73. The average Bonchev–Trinajstić information content (AvgIpc) is 2.42. The largest absolute Gasteiger partial charge is 0.545 e. The van der Waals surface area contributed by atoms with E-state index >= 15 is 0 Å². The van der Waals surface area contributed by atoms with E-state index in [4.69, 9.17) is 4.42 Å². The fourth-order valence-electron chi connectivity index (χ4n) is 1.17. The van der Waals surface area contributed by atoms with Crippen LogP contribution in [-0.4, -0.2) is 11.0 Å². The standard InChI is InChI=1S/C9H7NO3/c1-5-10-7-3-2-6(9(11)12)4-8(7)13-5/h2-4H,1H3,(H,11,12)/p-1. The number of carbonyl (C=O) groups excluding carboxylic acids is 1. The molecule has 13 heavy (non-hydrogen) atoms. The molecule has 0 radical (unpaired) electrons. The maximum Gasteiger partial charge on any atom is 0.192 e. The molecule has 1 aromatic heterocycles. The number of rotatable bonds is 1. The SMILES string of the molecule is Cc1nc2ccc(C(=O)[O-])cc2o1. The minimum Gasteiger partial charge on any atom is -0.545 e. The minimum atomic E-state index is -1.21. The fourth-order valence-corrected chi connectivity index (χ4v) is 1.17. The third-order valence-corrected chi connectivity index (χ3v) is 1.73. The summed E-state index contributed by atoms with van der Waals surface area (Å²) in [5.41, 5.74) is 1.23. The van der Waals surface area contributed by atoms with Crippen LogP contribution >= 0.6 is 0 Å². The Labute approximate surface area is 73.8 Å². The van der Waals surface area contributed by atoms with E-state index in [9.17, 15) is 9.90 Å².